The maximum atomic E-state index is 13.1. The molecule has 6 aromatic carbocycles. The second-order valence-electron chi connectivity index (χ2n) is 26.9. The summed E-state index contributed by atoms with van der Waals surface area (Å²) in [5, 5.41) is 9.19. The first-order valence-electron chi connectivity index (χ1n) is 37.5. The Kier molecular flexibility index (Phi) is 38.4. The number of nitrogens with one attached hydrogen (secondary N) is 3. The lowest BCUT2D eigenvalue weighted by Gasteiger charge is -2.17. The third-order valence-electron chi connectivity index (χ3n) is 19.0. The van der Waals surface area contributed by atoms with E-state index in [4.69, 9.17) is 23.9 Å². The topological polar surface area (TPSA) is 272 Å². The van der Waals surface area contributed by atoms with Gasteiger partial charge in [0, 0.05) is 112 Å². The molecule has 1 fully saturated rings. The van der Waals surface area contributed by atoms with Crippen LogP contribution in [0, 0.1) is 0 Å². The molecule has 5 amide bonds. The molecule has 6 aromatic rings. The highest BCUT2D eigenvalue weighted by molar-refractivity contribution is 6.11. The van der Waals surface area contributed by atoms with E-state index in [0.717, 1.165) is 185 Å². The molecular formula is C89H114N4O15. The summed E-state index contributed by atoms with van der Waals surface area (Å²) in [4.78, 5) is 143. The Morgan fingerprint density at radius 1 is 0.435 bits per heavy atom. The highest BCUT2D eigenvalue weighted by Crippen LogP contribution is 2.50. The summed E-state index contributed by atoms with van der Waals surface area (Å²) >= 11 is 0. The maximum Gasteiger partial charge on any atom is 0.533 e. The molecule has 108 heavy (non-hydrogen) atoms. The SMILES string of the molecule is C.C.C.C=C1c2cc(CCCC(=O)NCCC)ccc2-c2c1cccc2C(=O)CCCC.CCCCC(=O)c1cccc2c1-c1ccc(CCCC(=O)NCCC)cc1C2COC(=O)ON1C(=O)CCC1=O.CCCCC(=O)c1cccc2c1-c1ccc(CCCC(=O)NCCC)cc1C2COC(C)=O.O=C=O. The summed E-state index contributed by atoms with van der Waals surface area (Å²) in [6, 6.07) is 36.3. The molecule has 3 N–H and O–H groups in total. The number of aryl methyl sites for hydroxylation is 3. The van der Waals surface area contributed by atoms with Crippen LogP contribution in [-0.4, -0.2) is 103 Å². The summed E-state index contributed by atoms with van der Waals surface area (Å²) in [5.74, 6) is -1.24. The van der Waals surface area contributed by atoms with Crippen molar-refractivity contribution in [1.29, 1.82) is 0 Å². The molecule has 3 aliphatic carbocycles. The lowest BCUT2D eigenvalue weighted by Crippen LogP contribution is -2.32. The molecule has 1 aliphatic heterocycles. The smallest absolute Gasteiger partial charge is 0.465 e. The molecular weight excluding hydrogens is 1360 g/mol. The van der Waals surface area contributed by atoms with Crippen LogP contribution in [0.5, 0.6) is 0 Å². The van der Waals surface area contributed by atoms with Crippen molar-refractivity contribution >= 4 is 70.7 Å². The highest BCUT2D eigenvalue weighted by atomic mass is 16.8. The standard InChI is InChI=1S/C31H36N2O7.C28H35NO4.C26H31NO2.CO2.3CH4/c1-3-5-11-26(34)23-10-7-9-21-25(19-39-31(38)40-33-28(36)15-16-29(33)37)24-18-20(13-14-22(24)30(21)23)8-6-12-27(35)32-17-4-2;1-4-6-12-26(31)23-11-8-10-21-25(18-33-19(3)30)24-17-20(14-15-22(24)28(21)23)9-7-13-27(32)29-16-5-2;1-4-6-12-24(28)22-11-8-10-20-18(3)23-17-19(14-15-21(23)26(20)22)9-7-13-25(29)27-16-5-2;2-1-3;;;/h7,9-10,13-14,18,25H,3-6,8,11-12,15-17,19H2,1-2H3,(H,32,35);8,10-11,14-15,17,25H,4-7,9,12-13,16,18H2,1-3H3,(H,29,32);8,10-11,14-15,17H,3-7,9,12-13,16H2,1-2H3,(H,27,29);;3*1H4. The molecule has 10 rings (SSSR count). The molecule has 2 atom stereocenters. The van der Waals surface area contributed by atoms with Gasteiger partial charge >= 0.3 is 18.3 Å². The molecule has 0 radical (unpaired) electrons. The predicted octanol–water partition coefficient (Wildman–Crippen LogP) is 18.1. The fraction of sp³-hybridized carbons (Fsp3) is 0.449. The number of unbranched alkanes of at least 4 members (excludes halogenated alkanes) is 3. The van der Waals surface area contributed by atoms with E-state index in [1.165, 1.54) is 12.5 Å². The van der Waals surface area contributed by atoms with Gasteiger partial charge in [-0.15, -0.1) is 0 Å². The van der Waals surface area contributed by atoms with Crippen molar-refractivity contribution in [3.63, 3.8) is 0 Å². The first kappa shape index (κ1) is 90.1. The van der Waals surface area contributed by atoms with Crippen LogP contribution in [0.2, 0.25) is 0 Å². The molecule has 2 unspecified atom stereocenters. The van der Waals surface area contributed by atoms with Crippen molar-refractivity contribution in [3.05, 3.63) is 183 Å². The molecule has 0 aromatic heterocycles. The van der Waals surface area contributed by atoms with Gasteiger partial charge in [-0.3, -0.25) is 48.0 Å². The van der Waals surface area contributed by atoms with Gasteiger partial charge in [0.2, 0.25) is 17.7 Å². The molecule has 0 saturated carbocycles. The summed E-state index contributed by atoms with van der Waals surface area (Å²) in [5.41, 5.74) is 18.6. The number of carbonyl (C=O) groups excluding carboxylic acids is 12. The molecule has 1 heterocycles. The van der Waals surface area contributed by atoms with E-state index in [1.54, 1.807) is 0 Å². The zero-order chi connectivity index (χ0) is 76.0. The van der Waals surface area contributed by atoms with Gasteiger partial charge in [0.25, 0.3) is 11.8 Å². The zero-order valence-electron chi connectivity index (χ0n) is 62.1. The Labute approximate surface area is 639 Å². The third-order valence-corrected chi connectivity index (χ3v) is 19.0. The first-order valence-corrected chi connectivity index (χ1v) is 37.5. The number of ketones is 3. The average molecular weight is 1480 g/mol. The largest absolute Gasteiger partial charge is 0.533 e. The number of hydrogen-bond acceptors (Lipinski definition) is 15. The fourth-order valence-corrected chi connectivity index (χ4v) is 13.7. The molecule has 19 heteroatoms. The van der Waals surface area contributed by atoms with Gasteiger partial charge in [0.1, 0.15) is 13.2 Å². The molecule has 1 saturated heterocycles. The van der Waals surface area contributed by atoms with E-state index < -0.39 is 18.0 Å². The number of carbonyl (C=O) groups is 10. The summed E-state index contributed by atoms with van der Waals surface area (Å²) in [7, 11) is 0. The van der Waals surface area contributed by atoms with Crippen LogP contribution in [0.25, 0.3) is 39.0 Å². The van der Waals surface area contributed by atoms with Crippen LogP contribution < -0.4 is 16.0 Å². The fourth-order valence-electron chi connectivity index (χ4n) is 13.7. The Bertz CT molecular complexity index is 4150. The first-order chi connectivity index (χ1) is 50.8. The molecule has 19 nitrogen and oxygen atoms in total. The number of rotatable bonds is 35. The summed E-state index contributed by atoms with van der Waals surface area (Å²) in [6.07, 6.45) is 15.1. The monoisotopic (exact) mass is 1480 g/mol. The van der Waals surface area contributed by atoms with Crippen LogP contribution >= 0.6 is 0 Å². The quantitative estimate of drug-likeness (QED) is 0.0189. The number of benzene rings is 6. The van der Waals surface area contributed by atoms with Crippen molar-refractivity contribution in [2.75, 3.05) is 32.8 Å². The Morgan fingerprint density at radius 2 is 0.806 bits per heavy atom. The normalized spacial score (nSPS) is 13.2. The van der Waals surface area contributed by atoms with Crippen LogP contribution in [-0.2, 0) is 71.9 Å². The Balaban J connectivity index is 0.000000335. The minimum absolute atomic E-state index is 0. The number of esters is 1. The summed E-state index contributed by atoms with van der Waals surface area (Å²) in [6.45, 7) is 20.4. The van der Waals surface area contributed by atoms with Crippen LogP contribution in [0.4, 0.5) is 4.79 Å². The van der Waals surface area contributed by atoms with Crippen LogP contribution in [0.1, 0.15) is 292 Å². The Hall–Kier alpha value is -10.3. The van der Waals surface area contributed by atoms with E-state index in [2.05, 4.69) is 85.8 Å². The van der Waals surface area contributed by atoms with Crippen molar-refractivity contribution in [2.24, 2.45) is 0 Å². The average Bonchev–Trinajstić information content (AvgIpc) is 1.63. The highest BCUT2D eigenvalue weighted by Gasteiger charge is 2.37. The van der Waals surface area contributed by atoms with E-state index >= 15 is 0 Å². The lowest BCUT2D eigenvalue weighted by atomic mass is 9.93. The predicted molar refractivity (Wildman–Crippen MR) is 423 cm³/mol. The Morgan fingerprint density at radius 3 is 1.19 bits per heavy atom. The van der Waals surface area contributed by atoms with Crippen LogP contribution in [0.3, 0.4) is 0 Å². The lowest BCUT2D eigenvalue weighted by molar-refractivity contribution is -0.192. The van der Waals surface area contributed by atoms with Gasteiger partial charge < -0.3 is 25.4 Å². The van der Waals surface area contributed by atoms with E-state index in [0.29, 0.717) is 75.1 Å². The van der Waals surface area contributed by atoms with E-state index in [-0.39, 0.29) is 107 Å². The van der Waals surface area contributed by atoms with Crippen LogP contribution in [0.15, 0.2) is 116 Å². The number of imide groups is 1. The number of hydrogen-bond donors (Lipinski definition) is 3. The molecule has 0 spiro atoms. The van der Waals surface area contributed by atoms with E-state index in [1.807, 2.05) is 87.5 Å². The van der Waals surface area contributed by atoms with Gasteiger partial charge in [-0.1, -0.05) is 204 Å². The van der Waals surface area contributed by atoms with Crippen molar-refractivity contribution in [3.8, 4) is 33.4 Å². The van der Waals surface area contributed by atoms with Crippen molar-refractivity contribution in [1.82, 2.24) is 21.0 Å². The zero-order valence-corrected chi connectivity index (χ0v) is 62.1. The third kappa shape index (κ3) is 24.4. The number of amides is 5. The summed E-state index contributed by atoms with van der Waals surface area (Å²) < 4.78 is 10.8. The minimum Gasteiger partial charge on any atom is -0.465 e. The van der Waals surface area contributed by atoms with Gasteiger partial charge in [-0.25, -0.2) is 4.79 Å². The maximum absolute atomic E-state index is 13.1. The van der Waals surface area contributed by atoms with Gasteiger partial charge in [0.15, 0.2) is 17.3 Å². The van der Waals surface area contributed by atoms with Gasteiger partial charge in [-0.2, -0.15) is 9.59 Å². The van der Waals surface area contributed by atoms with E-state index in [9.17, 15) is 47.9 Å². The number of nitrogens with zero attached hydrogens (tertiary/aromatic N) is 1. The molecule has 580 valence electrons. The minimum atomic E-state index is -1.14. The van der Waals surface area contributed by atoms with Crippen molar-refractivity contribution in [2.45, 2.75) is 230 Å². The molecule has 4 aliphatic rings. The van der Waals surface area contributed by atoms with Gasteiger partial charge in [-0.05, 0) is 161 Å². The van der Waals surface area contributed by atoms with Crippen molar-refractivity contribution < 1.29 is 71.8 Å². The second kappa shape index (κ2) is 46.1. The van der Waals surface area contributed by atoms with Gasteiger partial charge in [0.05, 0.1) is 0 Å². The molecule has 0 bridgehead atoms. The second-order valence-corrected chi connectivity index (χ2v) is 26.9. The number of hydroxylamine groups is 2. The number of ether oxygens (including phenoxy) is 2. The number of Topliss-reactive ketones (excluding diaryl/α,β-unsaturated/α-hetero) is 3. The number of fused-ring (bicyclic) bond motifs is 9.